The van der Waals surface area contributed by atoms with E-state index >= 15 is 0 Å². The molecule has 1 saturated carbocycles. The van der Waals surface area contributed by atoms with Crippen LogP contribution < -0.4 is 5.73 Å². The Labute approximate surface area is 60.2 Å². The number of fused-ring (bicyclic) bond motifs is 1. The molecule has 2 N–H and O–H groups in total. The van der Waals surface area contributed by atoms with Crippen molar-refractivity contribution in [3.05, 3.63) is 0 Å². The van der Waals surface area contributed by atoms with Crippen LogP contribution in [0.4, 0.5) is 0 Å². The first-order valence-corrected chi connectivity index (χ1v) is 3.84. The summed E-state index contributed by atoms with van der Waals surface area (Å²) < 4.78 is 0. The second kappa shape index (κ2) is 2.23. The lowest BCUT2D eigenvalue weighted by molar-refractivity contribution is 0.0746. The highest BCUT2D eigenvalue weighted by atomic mass is 16.6. The molecule has 1 aliphatic carbocycles. The van der Waals surface area contributed by atoms with Crippen LogP contribution in [0.2, 0.25) is 0 Å². The van der Waals surface area contributed by atoms with Gasteiger partial charge in [0.05, 0.1) is 5.71 Å². The average molecular weight is 140 g/mol. The fraction of sp³-hybridized carbons (Fsp3) is 0.857. The molecule has 10 heavy (non-hydrogen) atoms. The first kappa shape index (κ1) is 6.16. The Balaban J connectivity index is 2.10. The quantitative estimate of drug-likeness (QED) is 0.576. The Morgan fingerprint density at radius 3 is 3.30 bits per heavy atom. The van der Waals surface area contributed by atoms with Gasteiger partial charge < -0.3 is 10.6 Å². The molecule has 1 heterocycles. The predicted molar refractivity (Wildman–Crippen MR) is 38.7 cm³/mol. The summed E-state index contributed by atoms with van der Waals surface area (Å²) in [6, 6.07) is 0. The second-order valence-electron chi connectivity index (χ2n) is 2.97. The van der Waals surface area contributed by atoms with Crippen molar-refractivity contribution in [1.29, 1.82) is 0 Å². The molecule has 2 aliphatic rings. The third kappa shape index (κ3) is 0.736. The van der Waals surface area contributed by atoms with E-state index in [0.29, 0.717) is 18.6 Å². The maximum absolute atomic E-state index is 5.48. The van der Waals surface area contributed by atoms with Crippen LogP contribution in [0.1, 0.15) is 19.3 Å². The van der Waals surface area contributed by atoms with Crippen molar-refractivity contribution in [3.8, 4) is 0 Å². The minimum Gasteiger partial charge on any atom is -0.392 e. The summed E-state index contributed by atoms with van der Waals surface area (Å²) in [5, 5.41) is 3.93. The molecular formula is C7H12N2O. The van der Waals surface area contributed by atoms with Gasteiger partial charge in [-0.3, -0.25) is 0 Å². The Morgan fingerprint density at radius 1 is 1.60 bits per heavy atom. The lowest BCUT2D eigenvalue weighted by atomic mass is 10.0. The van der Waals surface area contributed by atoms with Crippen LogP contribution in [0, 0.1) is 5.92 Å². The minimum atomic E-state index is 0.374. The molecule has 56 valence electrons. The summed E-state index contributed by atoms with van der Waals surface area (Å²) in [4.78, 5) is 5.19. The molecule has 0 aromatic heterocycles. The molecular weight excluding hydrogens is 128 g/mol. The molecule has 0 radical (unpaired) electrons. The van der Waals surface area contributed by atoms with Gasteiger partial charge in [-0.2, -0.15) is 0 Å². The Kier molecular flexibility index (Phi) is 1.38. The van der Waals surface area contributed by atoms with E-state index in [0.717, 1.165) is 12.1 Å². The van der Waals surface area contributed by atoms with E-state index in [1.165, 1.54) is 12.8 Å². The van der Waals surface area contributed by atoms with Gasteiger partial charge >= 0.3 is 0 Å². The largest absolute Gasteiger partial charge is 0.392 e. The SMILES string of the molecule is NCC1=NO[C@H]2CCC[C@H]12. The van der Waals surface area contributed by atoms with Crippen molar-refractivity contribution in [2.24, 2.45) is 16.8 Å². The normalized spacial score (nSPS) is 37.1. The maximum atomic E-state index is 5.48. The van der Waals surface area contributed by atoms with E-state index < -0.39 is 0 Å². The molecule has 2 rings (SSSR count). The van der Waals surface area contributed by atoms with Crippen LogP contribution in [-0.4, -0.2) is 18.4 Å². The number of nitrogens with zero attached hydrogens (tertiary/aromatic N) is 1. The molecule has 1 fully saturated rings. The zero-order valence-corrected chi connectivity index (χ0v) is 5.92. The Hall–Kier alpha value is -0.570. The average Bonchev–Trinajstić information content (AvgIpc) is 2.44. The Morgan fingerprint density at radius 2 is 2.50 bits per heavy atom. The van der Waals surface area contributed by atoms with Gasteiger partial charge in [0.2, 0.25) is 0 Å². The molecule has 0 bridgehead atoms. The van der Waals surface area contributed by atoms with E-state index in [4.69, 9.17) is 10.6 Å². The van der Waals surface area contributed by atoms with Gasteiger partial charge in [0.25, 0.3) is 0 Å². The van der Waals surface area contributed by atoms with Gasteiger partial charge in [0.1, 0.15) is 6.10 Å². The summed E-state index contributed by atoms with van der Waals surface area (Å²) in [6.45, 7) is 0.571. The number of nitrogens with two attached hydrogens (primary N) is 1. The molecule has 1 aliphatic heterocycles. The summed E-state index contributed by atoms with van der Waals surface area (Å²) in [6.07, 6.45) is 4.03. The third-order valence-electron chi connectivity index (χ3n) is 2.40. The standard InChI is InChI=1S/C7H12N2O/c8-4-6-5-2-1-3-7(5)10-9-6/h5,7H,1-4,8H2/t5-,7+/m1/s1. The molecule has 0 amide bonds. The topological polar surface area (TPSA) is 47.6 Å². The van der Waals surface area contributed by atoms with E-state index in [9.17, 15) is 0 Å². The summed E-state index contributed by atoms with van der Waals surface area (Å²) in [5.41, 5.74) is 6.55. The molecule has 3 heteroatoms. The van der Waals surface area contributed by atoms with Gasteiger partial charge in [0.15, 0.2) is 0 Å². The fourth-order valence-electron chi connectivity index (χ4n) is 1.83. The Bertz CT molecular complexity index is 167. The molecule has 0 aromatic rings. The van der Waals surface area contributed by atoms with Gasteiger partial charge in [-0.1, -0.05) is 5.16 Å². The van der Waals surface area contributed by atoms with Crippen LogP contribution >= 0.6 is 0 Å². The van der Waals surface area contributed by atoms with Crippen molar-refractivity contribution in [2.75, 3.05) is 6.54 Å². The highest BCUT2D eigenvalue weighted by molar-refractivity contribution is 5.89. The molecule has 3 nitrogen and oxygen atoms in total. The smallest absolute Gasteiger partial charge is 0.135 e. The van der Waals surface area contributed by atoms with Crippen LogP contribution in [-0.2, 0) is 4.84 Å². The van der Waals surface area contributed by atoms with E-state index in [2.05, 4.69) is 5.16 Å². The lowest BCUT2D eigenvalue weighted by Crippen LogP contribution is -2.23. The van der Waals surface area contributed by atoms with Crippen molar-refractivity contribution < 1.29 is 4.84 Å². The van der Waals surface area contributed by atoms with Crippen molar-refractivity contribution in [2.45, 2.75) is 25.4 Å². The van der Waals surface area contributed by atoms with Crippen LogP contribution in [0.15, 0.2) is 5.16 Å². The summed E-state index contributed by atoms with van der Waals surface area (Å²) in [7, 11) is 0. The zero-order valence-electron chi connectivity index (χ0n) is 5.92. The second-order valence-corrected chi connectivity index (χ2v) is 2.97. The van der Waals surface area contributed by atoms with E-state index in [-0.39, 0.29) is 0 Å². The third-order valence-corrected chi connectivity index (χ3v) is 2.40. The van der Waals surface area contributed by atoms with Crippen LogP contribution in [0.25, 0.3) is 0 Å². The van der Waals surface area contributed by atoms with Crippen molar-refractivity contribution in [3.63, 3.8) is 0 Å². The number of rotatable bonds is 1. The van der Waals surface area contributed by atoms with Gasteiger partial charge in [-0.15, -0.1) is 0 Å². The van der Waals surface area contributed by atoms with Crippen LogP contribution in [0.5, 0.6) is 0 Å². The van der Waals surface area contributed by atoms with Crippen molar-refractivity contribution >= 4 is 5.71 Å². The lowest BCUT2D eigenvalue weighted by Gasteiger charge is -2.05. The molecule has 2 atom stereocenters. The zero-order chi connectivity index (χ0) is 6.97. The van der Waals surface area contributed by atoms with E-state index in [1.807, 2.05) is 0 Å². The number of hydrogen-bond donors (Lipinski definition) is 1. The summed E-state index contributed by atoms with van der Waals surface area (Å²) in [5.74, 6) is 0.560. The minimum absolute atomic E-state index is 0.374. The van der Waals surface area contributed by atoms with E-state index in [1.54, 1.807) is 0 Å². The number of hydrogen-bond acceptors (Lipinski definition) is 3. The first-order valence-electron chi connectivity index (χ1n) is 3.84. The first-order chi connectivity index (χ1) is 4.92. The van der Waals surface area contributed by atoms with Crippen molar-refractivity contribution in [1.82, 2.24) is 0 Å². The summed E-state index contributed by atoms with van der Waals surface area (Å²) >= 11 is 0. The van der Waals surface area contributed by atoms with Gasteiger partial charge in [0, 0.05) is 12.5 Å². The molecule has 0 spiro atoms. The number of oxime groups is 1. The highest BCUT2D eigenvalue weighted by Gasteiger charge is 2.36. The monoisotopic (exact) mass is 140 g/mol. The molecule has 0 saturated heterocycles. The fourth-order valence-corrected chi connectivity index (χ4v) is 1.83. The predicted octanol–water partition coefficient (Wildman–Crippen LogP) is 0.500. The molecule has 0 unspecified atom stereocenters. The van der Waals surface area contributed by atoms with Crippen LogP contribution in [0.3, 0.4) is 0 Å². The molecule has 0 aromatic carbocycles. The van der Waals surface area contributed by atoms with Gasteiger partial charge in [-0.05, 0) is 19.3 Å². The van der Waals surface area contributed by atoms with Gasteiger partial charge in [-0.25, -0.2) is 0 Å². The highest BCUT2D eigenvalue weighted by Crippen LogP contribution is 2.33. The maximum Gasteiger partial charge on any atom is 0.135 e.